The number of halogens is 1. The molecule has 4 heterocycles. The molecule has 9 aromatic rings. The Balaban J connectivity index is 1.24. The summed E-state index contributed by atoms with van der Waals surface area (Å²) in [7, 11) is -3.07. The van der Waals surface area contributed by atoms with E-state index in [9.17, 15) is 0 Å². The fourth-order valence-electron chi connectivity index (χ4n) is 8.28. The largest absolute Gasteiger partial charge is 0.454 e. The third kappa shape index (κ3) is 4.87. The maximum atomic E-state index is 16.7. The number of fused-ring (bicyclic) bond motifs is 6. The second-order valence-electron chi connectivity index (χ2n) is 13.4. The normalized spacial score (nSPS) is 13.8. The molecule has 0 fully saturated rings. The smallest absolute Gasteiger partial charge is 0.187 e. The van der Waals surface area contributed by atoms with Gasteiger partial charge < -0.3 is 4.42 Å². The highest BCUT2D eigenvalue weighted by atomic mass is 28.3. The van der Waals surface area contributed by atoms with Crippen molar-refractivity contribution in [3.8, 4) is 11.3 Å². The number of benzene rings is 6. The Morgan fingerprint density at radius 2 is 1.26 bits per heavy atom. The van der Waals surface area contributed by atoms with Gasteiger partial charge in [-0.25, -0.2) is 9.37 Å². The molecule has 53 heavy (non-hydrogen) atoms. The van der Waals surface area contributed by atoms with Gasteiger partial charge in [0, 0.05) is 39.1 Å². The summed E-state index contributed by atoms with van der Waals surface area (Å²) in [4.78, 5) is 12.0. The minimum Gasteiger partial charge on any atom is -0.454 e. The Labute approximate surface area is 307 Å². The van der Waals surface area contributed by atoms with Crippen LogP contribution in [0.4, 0.5) is 21.6 Å². The first-order valence-electron chi connectivity index (χ1n) is 17.8. The molecule has 0 N–H and O–H groups in total. The van der Waals surface area contributed by atoms with E-state index < -0.39 is 14.2 Å². The molecule has 252 valence electrons. The van der Waals surface area contributed by atoms with Gasteiger partial charge in [0.15, 0.2) is 19.8 Å². The SMILES string of the molecule is FC(c1cccc(-c2ccccn2)c1)c1cccc(N2c3ccccc3[Si](c3ccccc3)(c3ccccc3)c3c2ncc2oc4ccccc4c32)c1. The zero-order valence-electron chi connectivity index (χ0n) is 28.6. The lowest BCUT2D eigenvalue weighted by atomic mass is 9.99. The lowest BCUT2D eigenvalue weighted by molar-refractivity contribution is 0.402. The molecule has 0 saturated heterocycles. The van der Waals surface area contributed by atoms with E-state index in [0.29, 0.717) is 11.1 Å². The van der Waals surface area contributed by atoms with Gasteiger partial charge in [-0.05, 0) is 69.2 Å². The molecule has 0 aliphatic carbocycles. The van der Waals surface area contributed by atoms with Crippen LogP contribution in [0.2, 0.25) is 0 Å². The van der Waals surface area contributed by atoms with E-state index in [1.54, 1.807) is 6.20 Å². The van der Waals surface area contributed by atoms with Crippen LogP contribution < -0.4 is 25.6 Å². The summed E-state index contributed by atoms with van der Waals surface area (Å²) < 4.78 is 23.3. The average Bonchev–Trinajstić information content (AvgIpc) is 3.62. The molecule has 1 unspecified atom stereocenters. The van der Waals surface area contributed by atoms with Gasteiger partial charge in [0.1, 0.15) is 11.4 Å². The van der Waals surface area contributed by atoms with Gasteiger partial charge in [-0.3, -0.25) is 9.88 Å². The summed E-state index contributed by atoms with van der Waals surface area (Å²) >= 11 is 0. The fourth-order valence-corrected chi connectivity index (χ4v) is 13.5. The first kappa shape index (κ1) is 31.1. The molecule has 0 amide bonds. The van der Waals surface area contributed by atoms with Crippen molar-refractivity contribution in [2.24, 2.45) is 0 Å². The van der Waals surface area contributed by atoms with E-state index in [1.165, 1.54) is 15.6 Å². The van der Waals surface area contributed by atoms with Crippen molar-refractivity contribution in [2.75, 3.05) is 4.90 Å². The Bertz CT molecular complexity index is 2730. The number of hydrogen-bond acceptors (Lipinski definition) is 4. The summed E-state index contributed by atoms with van der Waals surface area (Å²) in [5.41, 5.74) is 6.27. The molecule has 0 spiro atoms. The Hall–Kier alpha value is -6.63. The minimum atomic E-state index is -3.07. The quantitative estimate of drug-likeness (QED) is 0.162. The fraction of sp³-hybridized carbons (Fsp3) is 0.0213. The zero-order valence-corrected chi connectivity index (χ0v) is 29.6. The van der Waals surface area contributed by atoms with E-state index in [4.69, 9.17) is 9.40 Å². The molecule has 4 nitrogen and oxygen atoms in total. The van der Waals surface area contributed by atoms with Crippen LogP contribution in [0.5, 0.6) is 0 Å². The van der Waals surface area contributed by atoms with Crippen LogP contribution in [-0.2, 0) is 0 Å². The molecule has 0 saturated carbocycles. The number of rotatable bonds is 6. The van der Waals surface area contributed by atoms with Crippen LogP contribution in [0, 0.1) is 0 Å². The van der Waals surface area contributed by atoms with Crippen molar-refractivity contribution in [3.63, 3.8) is 0 Å². The van der Waals surface area contributed by atoms with Crippen molar-refractivity contribution < 1.29 is 8.81 Å². The van der Waals surface area contributed by atoms with Gasteiger partial charge in [0.2, 0.25) is 0 Å². The monoisotopic (exact) mass is 701 g/mol. The average molecular weight is 702 g/mol. The number of hydrogen-bond donors (Lipinski definition) is 0. The first-order chi connectivity index (χ1) is 26.2. The lowest BCUT2D eigenvalue weighted by Gasteiger charge is -2.44. The van der Waals surface area contributed by atoms with Crippen molar-refractivity contribution in [2.45, 2.75) is 6.17 Å². The first-order valence-corrected chi connectivity index (χ1v) is 19.8. The lowest BCUT2D eigenvalue weighted by Crippen LogP contribution is -2.77. The molecule has 0 bridgehead atoms. The molecule has 1 atom stereocenters. The molecule has 3 aromatic heterocycles. The third-order valence-electron chi connectivity index (χ3n) is 10.5. The number of para-hydroxylation sites is 2. The number of furan rings is 1. The van der Waals surface area contributed by atoms with Crippen molar-refractivity contribution >= 4 is 68.0 Å². The van der Waals surface area contributed by atoms with Crippen LogP contribution in [-0.4, -0.2) is 18.0 Å². The third-order valence-corrected chi connectivity index (χ3v) is 15.4. The van der Waals surface area contributed by atoms with E-state index in [1.807, 2.05) is 79.0 Å². The highest BCUT2D eigenvalue weighted by molar-refractivity contribution is 7.22. The molecular weight excluding hydrogens is 670 g/mol. The maximum absolute atomic E-state index is 16.7. The summed E-state index contributed by atoms with van der Waals surface area (Å²) in [5.74, 6) is 0.826. The van der Waals surface area contributed by atoms with E-state index in [2.05, 4.69) is 113 Å². The Morgan fingerprint density at radius 1 is 0.585 bits per heavy atom. The standard InChI is InChI=1S/C47H32FN3OSi/c48-45(33-16-13-15-32(29-33)39-24-11-12-28-49-39)34-17-14-18-35(30-34)51-40-25-8-10-27-43(40)53(36-19-3-1-4-20-36,37-21-5-2-6-22-37)46-44-38-23-7-9-26-41(38)52-42(44)31-50-47(46)51/h1-31,45H. The van der Waals surface area contributed by atoms with Crippen LogP contribution in [0.15, 0.2) is 193 Å². The summed E-state index contributed by atoms with van der Waals surface area (Å²) in [6, 6.07) is 59.9. The highest BCUT2D eigenvalue weighted by Gasteiger charge is 2.51. The van der Waals surface area contributed by atoms with Gasteiger partial charge in [0.05, 0.1) is 11.9 Å². The van der Waals surface area contributed by atoms with Gasteiger partial charge in [-0.1, -0.05) is 133 Å². The van der Waals surface area contributed by atoms with Crippen LogP contribution in [0.25, 0.3) is 33.2 Å². The van der Waals surface area contributed by atoms with Crippen molar-refractivity contribution in [1.82, 2.24) is 9.97 Å². The number of aromatic nitrogens is 2. The second-order valence-corrected chi connectivity index (χ2v) is 17.1. The molecule has 0 radical (unpaired) electrons. The summed E-state index contributed by atoms with van der Waals surface area (Å²) in [6.07, 6.45) is 2.26. The molecule has 1 aliphatic rings. The second kappa shape index (κ2) is 12.5. The highest BCUT2D eigenvalue weighted by Crippen LogP contribution is 2.42. The maximum Gasteiger partial charge on any atom is 0.187 e. The van der Waals surface area contributed by atoms with Crippen LogP contribution in [0.3, 0.4) is 0 Å². The van der Waals surface area contributed by atoms with Crippen molar-refractivity contribution in [3.05, 3.63) is 199 Å². The minimum absolute atomic E-state index is 0.565. The molecule has 6 heteroatoms. The van der Waals surface area contributed by atoms with E-state index >= 15 is 4.39 Å². The molecule has 6 aromatic carbocycles. The number of pyridine rings is 2. The zero-order chi connectivity index (χ0) is 35.4. The summed E-state index contributed by atoms with van der Waals surface area (Å²) in [6.45, 7) is 0. The molecular formula is C47H32FN3OSi. The topological polar surface area (TPSA) is 42.2 Å². The van der Waals surface area contributed by atoms with Crippen molar-refractivity contribution in [1.29, 1.82) is 0 Å². The number of nitrogens with zero attached hydrogens (tertiary/aromatic N) is 3. The van der Waals surface area contributed by atoms with Gasteiger partial charge in [-0.2, -0.15) is 0 Å². The van der Waals surface area contributed by atoms with Gasteiger partial charge in [-0.15, -0.1) is 0 Å². The molecule has 1 aliphatic heterocycles. The Kier molecular flexibility index (Phi) is 7.37. The van der Waals surface area contributed by atoms with Crippen LogP contribution in [0.1, 0.15) is 17.3 Å². The van der Waals surface area contributed by atoms with Gasteiger partial charge in [0.25, 0.3) is 0 Å². The number of anilines is 3. The van der Waals surface area contributed by atoms with Gasteiger partial charge >= 0.3 is 0 Å². The predicted molar refractivity (Wildman–Crippen MR) is 216 cm³/mol. The number of alkyl halides is 1. The molecule has 10 rings (SSSR count). The predicted octanol–water partition coefficient (Wildman–Crippen LogP) is 9.26. The Morgan fingerprint density at radius 3 is 2.04 bits per heavy atom. The van der Waals surface area contributed by atoms with Crippen LogP contribution >= 0.6 is 0 Å². The van der Waals surface area contributed by atoms with E-state index in [-0.39, 0.29) is 0 Å². The van der Waals surface area contributed by atoms with E-state index in [0.717, 1.165) is 55.6 Å². The summed E-state index contributed by atoms with van der Waals surface area (Å²) in [5, 5.41) is 7.01.